The van der Waals surface area contributed by atoms with Crippen molar-refractivity contribution in [2.45, 2.75) is 15.2 Å². The Morgan fingerprint density at radius 2 is 0.967 bits per heavy atom. The first-order valence-corrected chi connectivity index (χ1v) is 12.5. The molecule has 30 heavy (non-hydrogen) atoms. The van der Waals surface area contributed by atoms with E-state index in [2.05, 4.69) is 56.1 Å². The van der Waals surface area contributed by atoms with E-state index < -0.39 is 15.3 Å². The minimum atomic E-state index is -3.66. The number of rotatable bonds is 2. The summed E-state index contributed by atoms with van der Waals surface area (Å²) in [6.45, 7) is 0. The smallest absolute Gasteiger partial charge is 0.207 e. The predicted molar refractivity (Wildman–Crippen MR) is 126 cm³/mol. The average Bonchev–Trinajstić information content (AvgIpc) is 2.75. The summed E-state index contributed by atoms with van der Waals surface area (Å²) in [5.41, 5.74) is 2.76. The molecule has 4 aromatic carbocycles. The Bertz CT molecular complexity index is 1260. The molecule has 5 rings (SSSR count). The summed E-state index contributed by atoms with van der Waals surface area (Å²) in [6.07, 6.45) is 0. The maximum Gasteiger partial charge on any atom is 0.207 e. The number of halogens is 2. The minimum Gasteiger partial charge on any atom is -0.218 e. The fourth-order valence-corrected chi connectivity index (χ4v) is 6.94. The summed E-state index contributed by atoms with van der Waals surface area (Å²) >= 11 is 7.15. The standard InChI is InChI=1S/C25H16Br2O2S/c26-19-11-13-23-21(15-19)25(17-7-3-1-4-8-17,18-9-5-2-6-10-18)22-16-20(27)12-14-24(22)30(23,28)29/h1-16H. The van der Waals surface area contributed by atoms with Gasteiger partial charge in [-0.2, -0.15) is 0 Å². The van der Waals surface area contributed by atoms with Crippen LogP contribution in [0.2, 0.25) is 0 Å². The van der Waals surface area contributed by atoms with Gasteiger partial charge in [-0.25, -0.2) is 8.42 Å². The first-order chi connectivity index (χ1) is 14.5. The van der Waals surface area contributed by atoms with Crippen LogP contribution in [0, 0.1) is 0 Å². The lowest BCUT2D eigenvalue weighted by Crippen LogP contribution is -2.37. The minimum absolute atomic E-state index is 0.341. The molecule has 0 aromatic heterocycles. The fourth-order valence-electron chi connectivity index (χ4n) is 4.49. The van der Waals surface area contributed by atoms with Crippen LogP contribution >= 0.6 is 31.9 Å². The quantitative estimate of drug-likeness (QED) is 0.249. The Morgan fingerprint density at radius 3 is 1.37 bits per heavy atom. The van der Waals surface area contributed by atoms with Crippen LogP contribution in [0.25, 0.3) is 0 Å². The average molecular weight is 540 g/mol. The third-order valence-corrected chi connectivity index (χ3v) is 8.54. The van der Waals surface area contributed by atoms with E-state index in [1.807, 2.05) is 48.5 Å². The van der Waals surface area contributed by atoms with Crippen LogP contribution in [0.1, 0.15) is 22.3 Å². The van der Waals surface area contributed by atoms with E-state index in [1.54, 1.807) is 24.3 Å². The summed E-state index contributed by atoms with van der Waals surface area (Å²) in [4.78, 5) is 0.682. The number of hydrogen-bond donors (Lipinski definition) is 0. The van der Waals surface area contributed by atoms with Crippen molar-refractivity contribution in [3.8, 4) is 0 Å². The lowest BCUT2D eigenvalue weighted by Gasteiger charge is -2.42. The van der Waals surface area contributed by atoms with Gasteiger partial charge >= 0.3 is 0 Å². The van der Waals surface area contributed by atoms with Gasteiger partial charge in [0.2, 0.25) is 9.84 Å². The normalized spacial score (nSPS) is 15.8. The molecule has 1 heterocycles. The van der Waals surface area contributed by atoms with Crippen molar-refractivity contribution in [1.82, 2.24) is 0 Å². The zero-order chi connectivity index (χ0) is 20.9. The molecule has 0 atom stereocenters. The molecule has 4 aromatic rings. The highest BCUT2D eigenvalue weighted by Crippen LogP contribution is 2.54. The van der Waals surface area contributed by atoms with Gasteiger partial charge in [0.15, 0.2) is 0 Å². The van der Waals surface area contributed by atoms with Crippen molar-refractivity contribution in [2.75, 3.05) is 0 Å². The molecule has 0 unspecified atom stereocenters. The van der Waals surface area contributed by atoms with Crippen LogP contribution in [0.15, 0.2) is 116 Å². The van der Waals surface area contributed by atoms with Gasteiger partial charge in [-0.05, 0) is 58.7 Å². The fraction of sp³-hybridized carbons (Fsp3) is 0.0400. The first kappa shape index (κ1) is 19.7. The number of benzene rings is 4. The molecular formula is C25H16Br2O2S. The van der Waals surface area contributed by atoms with E-state index in [9.17, 15) is 8.42 Å². The van der Waals surface area contributed by atoms with E-state index in [1.165, 1.54) is 0 Å². The van der Waals surface area contributed by atoms with Crippen LogP contribution in [0.5, 0.6) is 0 Å². The maximum atomic E-state index is 13.6. The number of fused-ring (bicyclic) bond motifs is 2. The zero-order valence-corrected chi connectivity index (χ0v) is 19.7. The highest BCUT2D eigenvalue weighted by molar-refractivity contribution is 9.10. The van der Waals surface area contributed by atoms with Gasteiger partial charge in [-0.1, -0.05) is 92.5 Å². The van der Waals surface area contributed by atoms with Gasteiger partial charge in [-0.3, -0.25) is 0 Å². The molecule has 0 aliphatic carbocycles. The van der Waals surface area contributed by atoms with Crippen molar-refractivity contribution in [3.63, 3.8) is 0 Å². The summed E-state index contributed by atoms with van der Waals surface area (Å²) in [5, 5.41) is 0. The molecule has 0 saturated heterocycles. The summed E-state index contributed by atoms with van der Waals surface area (Å²) in [7, 11) is -3.66. The predicted octanol–water partition coefficient (Wildman–Crippen LogP) is 6.74. The molecular weight excluding hydrogens is 524 g/mol. The van der Waals surface area contributed by atoms with Crippen molar-refractivity contribution >= 4 is 41.7 Å². The Kier molecular flexibility index (Phi) is 4.73. The van der Waals surface area contributed by atoms with Gasteiger partial charge in [0.1, 0.15) is 0 Å². The second-order valence-electron chi connectivity index (χ2n) is 7.27. The second kappa shape index (κ2) is 7.19. The molecule has 0 bridgehead atoms. The third-order valence-electron chi connectivity index (χ3n) is 5.68. The molecule has 1 aliphatic heterocycles. The van der Waals surface area contributed by atoms with Gasteiger partial charge in [0.25, 0.3) is 0 Å². The Hall–Kier alpha value is -2.21. The Balaban J connectivity index is 2.07. The number of hydrogen-bond acceptors (Lipinski definition) is 2. The summed E-state index contributed by atoms with van der Waals surface area (Å²) < 4.78 is 29.0. The van der Waals surface area contributed by atoms with Crippen molar-refractivity contribution in [1.29, 1.82) is 0 Å². The molecule has 5 heteroatoms. The van der Waals surface area contributed by atoms with E-state index in [0.29, 0.717) is 9.79 Å². The van der Waals surface area contributed by atoms with Crippen molar-refractivity contribution in [3.05, 3.63) is 128 Å². The van der Waals surface area contributed by atoms with E-state index in [0.717, 1.165) is 31.2 Å². The first-order valence-electron chi connectivity index (χ1n) is 9.42. The lowest BCUT2D eigenvalue weighted by atomic mass is 9.65. The molecule has 0 saturated carbocycles. The Morgan fingerprint density at radius 1 is 0.567 bits per heavy atom. The van der Waals surface area contributed by atoms with Crippen LogP contribution in [-0.4, -0.2) is 8.42 Å². The molecule has 0 amide bonds. The highest BCUT2D eigenvalue weighted by Gasteiger charge is 2.48. The monoisotopic (exact) mass is 538 g/mol. The van der Waals surface area contributed by atoms with Crippen LogP contribution in [0.4, 0.5) is 0 Å². The van der Waals surface area contributed by atoms with Gasteiger partial charge in [0, 0.05) is 8.95 Å². The highest BCUT2D eigenvalue weighted by atomic mass is 79.9. The lowest BCUT2D eigenvalue weighted by molar-refractivity contribution is 0.578. The van der Waals surface area contributed by atoms with E-state index >= 15 is 0 Å². The van der Waals surface area contributed by atoms with Crippen molar-refractivity contribution < 1.29 is 8.42 Å². The molecule has 148 valence electrons. The summed E-state index contributed by atoms with van der Waals surface area (Å²) in [6, 6.07) is 31.1. The van der Waals surface area contributed by atoms with Crippen LogP contribution in [0.3, 0.4) is 0 Å². The molecule has 0 N–H and O–H groups in total. The molecule has 0 radical (unpaired) electrons. The van der Waals surface area contributed by atoms with Crippen molar-refractivity contribution in [2.24, 2.45) is 0 Å². The topological polar surface area (TPSA) is 34.1 Å². The third kappa shape index (κ3) is 2.76. The van der Waals surface area contributed by atoms with E-state index in [4.69, 9.17) is 0 Å². The largest absolute Gasteiger partial charge is 0.218 e. The van der Waals surface area contributed by atoms with E-state index in [-0.39, 0.29) is 0 Å². The van der Waals surface area contributed by atoms with Gasteiger partial charge < -0.3 is 0 Å². The molecule has 1 aliphatic rings. The van der Waals surface area contributed by atoms with Crippen LogP contribution in [-0.2, 0) is 15.3 Å². The maximum absolute atomic E-state index is 13.6. The molecule has 2 nitrogen and oxygen atoms in total. The zero-order valence-electron chi connectivity index (χ0n) is 15.7. The second-order valence-corrected chi connectivity index (χ2v) is 11.0. The molecule has 0 spiro atoms. The summed E-state index contributed by atoms with van der Waals surface area (Å²) in [5.74, 6) is 0. The van der Waals surface area contributed by atoms with Gasteiger partial charge in [0.05, 0.1) is 15.2 Å². The molecule has 0 fully saturated rings. The number of sulfone groups is 1. The van der Waals surface area contributed by atoms with Gasteiger partial charge in [-0.15, -0.1) is 0 Å². The SMILES string of the molecule is O=S1(=O)c2ccc(Br)cc2C(c2ccccc2)(c2ccccc2)c2cc(Br)ccc21. The Labute approximate surface area is 192 Å². The van der Waals surface area contributed by atoms with Crippen LogP contribution < -0.4 is 0 Å².